The highest BCUT2D eigenvalue weighted by Gasteiger charge is 2.30. The highest BCUT2D eigenvalue weighted by atomic mass is 16.3. The maximum Gasteiger partial charge on any atom is 0.138 e. The molecule has 0 unspecified atom stereocenters. The van der Waals surface area contributed by atoms with Crippen LogP contribution in [0.4, 0.5) is 5.69 Å². The Labute approximate surface area is 110 Å². The van der Waals surface area contributed by atoms with Crippen molar-refractivity contribution in [2.45, 2.75) is 51.0 Å². The van der Waals surface area contributed by atoms with E-state index in [4.69, 9.17) is 0 Å². The van der Waals surface area contributed by atoms with Gasteiger partial charge in [-0.25, -0.2) is 0 Å². The van der Waals surface area contributed by atoms with Gasteiger partial charge in [-0.05, 0) is 43.7 Å². The van der Waals surface area contributed by atoms with Gasteiger partial charge in [0.15, 0.2) is 0 Å². The Balaban J connectivity index is 1.81. The standard InChI is InChI=1S/C16H23NO/c18-16-9-5-4-8-15(16)17(12-13-10-11-13)14-6-2-1-3-7-14/h4-5,8-9,13-14,18H,1-3,6-7,10-12H2. The van der Waals surface area contributed by atoms with Crippen molar-refractivity contribution in [2.75, 3.05) is 11.4 Å². The van der Waals surface area contributed by atoms with Gasteiger partial charge in [0, 0.05) is 12.6 Å². The Hall–Kier alpha value is -1.18. The predicted octanol–water partition coefficient (Wildman–Crippen LogP) is 3.94. The molecule has 0 heterocycles. The summed E-state index contributed by atoms with van der Waals surface area (Å²) in [6.45, 7) is 1.14. The number of anilines is 1. The van der Waals surface area contributed by atoms with E-state index in [2.05, 4.69) is 11.0 Å². The summed E-state index contributed by atoms with van der Waals surface area (Å²) in [5, 5.41) is 10.1. The molecule has 0 radical (unpaired) electrons. The van der Waals surface area contributed by atoms with Crippen molar-refractivity contribution in [3.8, 4) is 5.75 Å². The molecule has 2 saturated carbocycles. The molecule has 1 N–H and O–H groups in total. The fourth-order valence-corrected chi connectivity index (χ4v) is 3.12. The summed E-state index contributed by atoms with van der Waals surface area (Å²) in [5.41, 5.74) is 1.05. The topological polar surface area (TPSA) is 23.5 Å². The van der Waals surface area contributed by atoms with Gasteiger partial charge in [-0.1, -0.05) is 31.4 Å². The number of aromatic hydroxyl groups is 1. The zero-order valence-electron chi connectivity index (χ0n) is 11.0. The third-order valence-corrected chi connectivity index (χ3v) is 4.36. The molecule has 98 valence electrons. The molecule has 1 aromatic carbocycles. The van der Waals surface area contributed by atoms with E-state index in [1.54, 1.807) is 0 Å². The summed E-state index contributed by atoms with van der Waals surface area (Å²) in [6.07, 6.45) is 9.41. The van der Waals surface area contributed by atoms with Gasteiger partial charge in [0.05, 0.1) is 5.69 Å². The van der Waals surface area contributed by atoms with Crippen molar-refractivity contribution < 1.29 is 5.11 Å². The summed E-state index contributed by atoms with van der Waals surface area (Å²) < 4.78 is 0. The van der Waals surface area contributed by atoms with Crippen molar-refractivity contribution in [1.82, 2.24) is 0 Å². The second-order valence-corrected chi connectivity index (χ2v) is 5.88. The quantitative estimate of drug-likeness (QED) is 0.868. The number of phenols is 1. The largest absolute Gasteiger partial charge is 0.506 e. The molecule has 2 aliphatic rings. The van der Waals surface area contributed by atoms with Gasteiger partial charge in [-0.2, -0.15) is 0 Å². The van der Waals surface area contributed by atoms with Crippen molar-refractivity contribution >= 4 is 5.69 Å². The van der Waals surface area contributed by atoms with E-state index in [1.807, 2.05) is 18.2 Å². The smallest absolute Gasteiger partial charge is 0.138 e. The van der Waals surface area contributed by atoms with E-state index in [9.17, 15) is 5.11 Å². The lowest BCUT2D eigenvalue weighted by Crippen LogP contribution is -2.38. The van der Waals surface area contributed by atoms with Crippen LogP contribution in [0.5, 0.6) is 5.75 Å². The number of rotatable bonds is 4. The van der Waals surface area contributed by atoms with Crippen LogP contribution in [0.2, 0.25) is 0 Å². The number of phenolic OH excluding ortho intramolecular Hbond substituents is 1. The summed E-state index contributed by atoms with van der Waals surface area (Å²) in [6, 6.07) is 8.49. The molecule has 0 bridgehead atoms. The molecule has 18 heavy (non-hydrogen) atoms. The first-order chi connectivity index (χ1) is 8.84. The zero-order chi connectivity index (χ0) is 12.4. The average molecular weight is 245 g/mol. The minimum atomic E-state index is 0.448. The molecule has 2 aliphatic carbocycles. The molecule has 1 aromatic rings. The molecule has 0 aliphatic heterocycles. The van der Waals surface area contributed by atoms with Gasteiger partial charge in [0.1, 0.15) is 5.75 Å². The third kappa shape index (κ3) is 2.63. The number of hydrogen-bond donors (Lipinski definition) is 1. The molecule has 2 nitrogen and oxygen atoms in total. The van der Waals surface area contributed by atoms with Gasteiger partial charge in [-0.3, -0.25) is 0 Å². The Bertz CT molecular complexity index is 394. The second-order valence-electron chi connectivity index (χ2n) is 5.88. The fraction of sp³-hybridized carbons (Fsp3) is 0.625. The molecular formula is C16H23NO. The number of benzene rings is 1. The highest BCUT2D eigenvalue weighted by Crippen LogP contribution is 2.38. The Morgan fingerprint density at radius 1 is 1.00 bits per heavy atom. The normalized spacial score (nSPS) is 20.9. The molecule has 2 fully saturated rings. The summed E-state index contributed by atoms with van der Waals surface area (Å²) in [7, 11) is 0. The monoisotopic (exact) mass is 245 g/mol. The predicted molar refractivity (Wildman–Crippen MR) is 75.0 cm³/mol. The van der Waals surface area contributed by atoms with E-state index in [-0.39, 0.29) is 0 Å². The molecular weight excluding hydrogens is 222 g/mol. The van der Waals surface area contributed by atoms with E-state index in [0.717, 1.165) is 18.2 Å². The Morgan fingerprint density at radius 2 is 1.72 bits per heavy atom. The lowest BCUT2D eigenvalue weighted by molar-refractivity contribution is 0.403. The first kappa shape index (κ1) is 11.9. The maximum atomic E-state index is 10.1. The third-order valence-electron chi connectivity index (χ3n) is 4.36. The van der Waals surface area contributed by atoms with Crippen LogP contribution < -0.4 is 4.90 Å². The molecule has 3 rings (SSSR count). The second kappa shape index (κ2) is 5.21. The first-order valence-electron chi connectivity index (χ1n) is 7.39. The molecule has 2 heteroatoms. The van der Waals surface area contributed by atoms with Gasteiger partial charge >= 0.3 is 0 Å². The Kier molecular flexibility index (Phi) is 3.44. The first-order valence-corrected chi connectivity index (χ1v) is 7.39. The van der Waals surface area contributed by atoms with Crippen LogP contribution in [0, 0.1) is 5.92 Å². The van der Waals surface area contributed by atoms with Crippen LogP contribution in [-0.4, -0.2) is 17.7 Å². The minimum Gasteiger partial charge on any atom is -0.506 e. The van der Waals surface area contributed by atoms with Crippen LogP contribution in [0.25, 0.3) is 0 Å². The van der Waals surface area contributed by atoms with E-state index >= 15 is 0 Å². The number of hydrogen-bond acceptors (Lipinski definition) is 2. The van der Waals surface area contributed by atoms with Crippen molar-refractivity contribution in [3.05, 3.63) is 24.3 Å². The van der Waals surface area contributed by atoms with Gasteiger partial charge in [-0.15, -0.1) is 0 Å². The van der Waals surface area contributed by atoms with Gasteiger partial charge in [0.2, 0.25) is 0 Å². The number of para-hydroxylation sites is 2. The fourth-order valence-electron chi connectivity index (χ4n) is 3.12. The van der Waals surface area contributed by atoms with Gasteiger partial charge < -0.3 is 10.0 Å². The molecule has 0 amide bonds. The SMILES string of the molecule is Oc1ccccc1N(CC1CC1)C1CCCCC1. The summed E-state index contributed by atoms with van der Waals surface area (Å²) >= 11 is 0. The number of nitrogens with zero attached hydrogens (tertiary/aromatic N) is 1. The summed E-state index contributed by atoms with van der Waals surface area (Å²) in [5.74, 6) is 1.32. The van der Waals surface area contributed by atoms with E-state index < -0.39 is 0 Å². The lowest BCUT2D eigenvalue weighted by atomic mass is 9.93. The van der Waals surface area contributed by atoms with Crippen molar-refractivity contribution in [1.29, 1.82) is 0 Å². The van der Waals surface area contributed by atoms with Crippen LogP contribution >= 0.6 is 0 Å². The molecule has 0 spiro atoms. The van der Waals surface area contributed by atoms with Crippen LogP contribution in [0.1, 0.15) is 44.9 Å². The van der Waals surface area contributed by atoms with Crippen LogP contribution in [0.3, 0.4) is 0 Å². The minimum absolute atomic E-state index is 0.448. The highest BCUT2D eigenvalue weighted by molar-refractivity contribution is 5.58. The van der Waals surface area contributed by atoms with Crippen LogP contribution in [0.15, 0.2) is 24.3 Å². The van der Waals surface area contributed by atoms with E-state index in [0.29, 0.717) is 11.8 Å². The Morgan fingerprint density at radius 3 is 2.39 bits per heavy atom. The molecule has 0 saturated heterocycles. The van der Waals surface area contributed by atoms with Crippen molar-refractivity contribution in [2.24, 2.45) is 5.92 Å². The molecule has 0 aromatic heterocycles. The van der Waals surface area contributed by atoms with Crippen molar-refractivity contribution in [3.63, 3.8) is 0 Å². The molecule has 0 atom stereocenters. The maximum absolute atomic E-state index is 10.1. The van der Waals surface area contributed by atoms with Crippen LogP contribution in [-0.2, 0) is 0 Å². The van der Waals surface area contributed by atoms with E-state index in [1.165, 1.54) is 44.9 Å². The lowest BCUT2D eigenvalue weighted by Gasteiger charge is -2.36. The average Bonchev–Trinajstić information content (AvgIpc) is 3.22. The van der Waals surface area contributed by atoms with Gasteiger partial charge in [0.25, 0.3) is 0 Å². The summed E-state index contributed by atoms with van der Waals surface area (Å²) in [4.78, 5) is 2.49. The zero-order valence-corrected chi connectivity index (χ0v) is 11.0.